The summed E-state index contributed by atoms with van der Waals surface area (Å²) in [6.45, 7) is 10.0. The van der Waals surface area contributed by atoms with E-state index in [4.69, 9.17) is 0 Å². The molecule has 0 aliphatic rings. The maximum Gasteiger partial charge on any atom is 0.247 e. The molecule has 0 aliphatic carbocycles. The van der Waals surface area contributed by atoms with E-state index in [0.29, 0.717) is 0 Å². The second-order valence-corrected chi connectivity index (χ2v) is 7.22. The van der Waals surface area contributed by atoms with Crippen molar-refractivity contribution in [2.24, 2.45) is 0 Å². The topological polar surface area (TPSA) is 44.9 Å². The van der Waals surface area contributed by atoms with Gasteiger partial charge in [-0.15, -0.1) is 0 Å². The van der Waals surface area contributed by atoms with Crippen LogP contribution in [0.4, 0.5) is 0 Å². The Labute approximate surface area is 155 Å². The lowest BCUT2D eigenvalue weighted by molar-refractivity contribution is -0.117. The quantitative estimate of drug-likeness (QED) is 0.612. The molecule has 0 bridgehead atoms. The molecule has 0 saturated carbocycles. The second kappa shape index (κ2) is 7.20. The first-order valence-corrected chi connectivity index (χ1v) is 9.03. The van der Waals surface area contributed by atoms with E-state index in [2.05, 4.69) is 60.5 Å². The number of aromatic nitrogens is 1. The molecule has 0 unspecified atom stereocenters. The minimum absolute atomic E-state index is 0.0155. The van der Waals surface area contributed by atoms with Gasteiger partial charge in [-0.05, 0) is 80.6 Å². The second-order valence-electron chi connectivity index (χ2n) is 7.22. The molecule has 26 heavy (non-hydrogen) atoms. The van der Waals surface area contributed by atoms with E-state index in [0.717, 1.165) is 22.2 Å². The van der Waals surface area contributed by atoms with Crippen molar-refractivity contribution in [3.8, 4) is 11.1 Å². The van der Waals surface area contributed by atoms with Crippen LogP contribution in [-0.2, 0) is 4.79 Å². The van der Waals surface area contributed by atoms with E-state index in [-0.39, 0.29) is 11.9 Å². The number of amides is 1. The molecular formula is C23H26N2O. The van der Waals surface area contributed by atoms with Crippen LogP contribution in [-0.4, -0.2) is 16.9 Å². The molecule has 0 saturated heterocycles. The van der Waals surface area contributed by atoms with Crippen LogP contribution < -0.4 is 5.32 Å². The first-order valence-electron chi connectivity index (χ1n) is 9.03. The van der Waals surface area contributed by atoms with Gasteiger partial charge in [-0.3, -0.25) is 4.79 Å². The van der Waals surface area contributed by atoms with Gasteiger partial charge < -0.3 is 10.3 Å². The Kier molecular flexibility index (Phi) is 4.99. The number of fused-ring (bicyclic) bond motifs is 1. The Morgan fingerprint density at radius 1 is 1.08 bits per heavy atom. The summed E-state index contributed by atoms with van der Waals surface area (Å²) < 4.78 is 0. The third-order valence-electron chi connectivity index (χ3n) is 4.65. The molecule has 3 aromatic rings. The van der Waals surface area contributed by atoms with Gasteiger partial charge >= 0.3 is 0 Å². The minimum Gasteiger partial charge on any atom is -0.361 e. The molecule has 1 aromatic heterocycles. The van der Waals surface area contributed by atoms with Gasteiger partial charge in [0, 0.05) is 28.7 Å². The highest BCUT2D eigenvalue weighted by atomic mass is 16.1. The van der Waals surface area contributed by atoms with Crippen molar-refractivity contribution >= 4 is 22.9 Å². The van der Waals surface area contributed by atoms with E-state index < -0.39 is 0 Å². The molecule has 0 radical (unpaired) electrons. The molecule has 2 N–H and O–H groups in total. The molecule has 1 amide bonds. The average molecular weight is 346 g/mol. The molecule has 134 valence electrons. The standard InChI is InChI=1S/C23H26N2O/c1-14(2)25-23(26)17(5)12-18-11-16(4)21(13-15(18)3)19-7-6-8-22-20(19)9-10-24-22/h6-14,24H,1-5H3,(H,25,26)/b17-12+. The van der Waals surface area contributed by atoms with Crippen molar-refractivity contribution in [3.05, 3.63) is 64.9 Å². The van der Waals surface area contributed by atoms with Crippen LogP contribution >= 0.6 is 0 Å². The Bertz CT molecular complexity index is 993. The Morgan fingerprint density at radius 2 is 1.85 bits per heavy atom. The summed E-state index contributed by atoms with van der Waals surface area (Å²) in [5, 5.41) is 4.17. The Morgan fingerprint density at radius 3 is 2.58 bits per heavy atom. The normalized spacial score (nSPS) is 12.0. The molecule has 3 heteroatoms. The van der Waals surface area contributed by atoms with E-state index in [9.17, 15) is 4.79 Å². The molecule has 0 aliphatic heterocycles. The van der Waals surface area contributed by atoms with Crippen molar-refractivity contribution in [1.82, 2.24) is 10.3 Å². The lowest BCUT2D eigenvalue weighted by Gasteiger charge is -2.13. The van der Waals surface area contributed by atoms with Crippen LogP contribution in [0.25, 0.3) is 28.1 Å². The van der Waals surface area contributed by atoms with Gasteiger partial charge in [-0.2, -0.15) is 0 Å². The smallest absolute Gasteiger partial charge is 0.247 e. The fourth-order valence-corrected chi connectivity index (χ4v) is 3.28. The number of H-pyrrole nitrogens is 1. The maximum absolute atomic E-state index is 12.2. The fraction of sp³-hybridized carbons (Fsp3) is 0.261. The van der Waals surface area contributed by atoms with Crippen molar-refractivity contribution in [3.63, 3.8) is 0 Å². The Balaban J connectivity index is 2.02. The van der Waals surface area contributed by atoms with Gasteiger partial charge in [-0.1, -0.05) is 24.3 Å². The number of carbonyl (C=O) groups excluding carboxylic acids is 1. The Hall–Kier alpha value is -2.81. The van der Waals surface area contributed by atoms with E-state index in [1.165, 1.54) is 22.1 Å². The highest BCUT2D eigenvalue weighted by molar-refractivity contribution is 5.98. The first-order chi connectivity index (χ1) is 12.4. The van der Waals surface area contributed by atoms with Crippen LogP contribution in [0.3, 0.4) is 0 Å². The summed E-state index contributed by atoms with van der Waals surface area (Å²) in [6, 6.07) is 13.0. The minimum atomic E-state index is -0.0155. The lowest BCUT2D eigenvalue weighted by atomic mass is 9.92. The van der Waals surface area contributed by atoms with Crippen LogP contribution in [0.1, 0.15) is 37.5 Å². The van der Waals surface area contributed by atoms with Gasteiger partial charge in [0.05, 0.1) is 0 Å². The summed E-state index contributed by atoms with van der Waals surface area (Å²) in [6.07, 6.45) is 3.95. The van der Waals surface area contributed by atoms with E-state index in [1.807, 2.05) is 33.0 Å². The predicted octanol–water partition coefficient (Wildman–Crippen LogP) is 5.38. The predicted molar refractivity (Wildman–Crippen MR) is 110 cm³/mol. The molecule has 3 nitrogen and oxygen atoms in total. The number of nitrogens with one attached hydrogen (secondary N) is 2. The zero-order valence-electron chi connectivity index (χ0n) is 16.1. The fourth-order valence-electron chi connectivity index (χ4n) is 3.28. The largest absolute Gasteiger partial charge is 0.361 e. The van der Waals surface area contributed by atoms with Crippen molar-refractivity contribution in [2.45, 2.75) is 40.7 Å². The van der Waals surface area contributed by atoms with Crippen LogP contribution in [0.5, 0.6) is 0 Å². The number of aromatic amines is 1. The van der Waals surface area contributed by atoms with Crippen LogP contribution in [0.15, 0.2) is 48.2 Å². The molecule has 2 aromatic carbocycles. The number of benzene rings is 2. The van der Waals surface area contributed by atoms with Gasteiger partial charge in [0.15, 0.2) is 0 Å². The van der Waals surface area contributed by atoms with Crippen molar-refractivity contribution in [2.75, 3.05) is 0 Å². The van der Waals surface area contributed by atoms with Crippen LogP contribution in [0.2, 0.25) is 0 Å². The number of aryl methyl sites for hydroxylation is 2. The molecule has 1 heterocycles. The van der Waals surface area contributed by atoms with Crippen molar-refractivity contribution < 1.29 is 4.79 Å². The lowest BCUT2D eigenvalue weighted by Crippen LogP contribution is -2.30. The SMILES string of the molecule is C/C(=C\c1cc(C)c(-c2cccc3[nH]ccc23)cc1C)C(=O)NC(C)C. The highest BCUT2D eigenvalue weighted by Gasteiger charge is 2.11. The summed E-state index contributed by atoms with van der Waals surface area (Å²) >= 11 is 0. The van der Waals surface area contributed by atoms with Gasteiger partial charge in [0.2, 0.25) is 5.91 Å². The molecule has 3 rings (SSSR count). The summed E-state index contributed by atoms with van der Waals surface area (Å²) in [5.74, 6) is -0.0155. The monoisotopic (exact) mass is 346 g/mol. The number of hydrogen-bond acceptors (Lipinski definition) is 1. The van der Waals surface area contributed by atoms with Gasteiger partial charge in [0.1, 0.15) is 0 Å². The number of rotatable bonds is 4. The average Bonchev–Trinajstić information content (AvgIpc) is 3.06. The third kappa shape index (κ3) is 3.57. The zero-order valence-corrected chi connectivity index (χ0v) is 16.1. The van der Waals surface area contributed by atoms with Crippen molar-refractivity contribution in [1.29, 1.82) is 0 Å². The molecule has 0 spiro atoms. The van der Waals surface area contributed by atoms with Crippen LogP contribution in [0, 0.1) is 13.8 Å². The molecule has 0 fully saturated rings. The van der Waals surface area contributed by atoms with E-state index >= 15 is 0 Å². The number of carbonyl (C=O) groups is 1. The zero-order chi connectivity index (χ0) is 18.8. The van der Waals surface area contributed by atoms with Gasteiger partial charge in [0.25, 0.3) is 0 Å². The first kappa shape index (κ1) is 18.0. The molecular weight excluding hydrogens is 320 g/mol. The van der Waals surface area contributed by atoms with Gasteiger partial charge in [-0.25, -0.2) is 0 Å². The summed E-state index contributed by atoms with van der Waals surface area (Å²) in [4.78, 5) is 15.5. The maximum atomic E-state index is 12.2. The van der Waals surface area contributed by atoms with E-state index in [1.54, 1.807) is 0 Å². The third-order valence-corrected chi connectivity index (χ3v) is 4.65. The highest BCUT2D eigenvalue weighted by Crippen LogP contribution is 2.32. The summed E-state index contributed by atoms with van der Waals surface area (Å²) in [5.41, 5.74) is 7.78. The molecule has 0 atom stereocenters. The number of hydrogen-bond donors (Lipinski definition) is 2. The summed E-state index contributed by atoms with van der Waals surface area (Å²) in [7, 11) is 0.